The monoisotopic (exact) mass is 396 g/mol. The summed E-state index contributed by atoms with van der Waals surface area (Å²) in [5, 5.41) is 0. The Morgan fingerprint density at radius 1 is 0.862 bits per heavy atom. The molecule has 0 fully saturated rings. The number of unbranched alkanes of at least 4 members (excludes halogenated alkanes) is 1. The third kappa shape index (κ3) is 4.54. The van der Waals surface area contributed by atoms with Crippen molar-refractivity contribution >= 4 is 17.7 Å². The van der Waals surface area contributed by atoms with E-state index in [-0.39, 0.29) is 11.3 Å². The van der Waals surface area contributed by atoms with Gasteiger partial charge >= 0.3 is 11.9 Å². The smallest absolute Gasteiger partial charge is 0.373 e. The van der Waals surface area contributed by atoms with E-state index >= 15 is 0 Å². The van der Waals surface area contributed by atoms with Crippen LogP contribution in [-0.2, 0) is 14.5 Å². The van der Waals surface area contributed by atoms with Gasteiger partial charge in [-0.25, -0.2) is 9.59 Å². The third-order valence-electron chi connectivity index (χ3n) is 4.39. The van der Waals surface area contributed by atoms with Crippen LogP contribution in [0.5, 0.6) is 0 Å². The van der Waals surface area contributed by atoms with Crippen molar-refractivity contribution in [1.82, 2.24) is 0 Å². The van der Waals surface area contributed by atoms with Gasteiger partial charge in [0.2, 0.25) is 0 Å². The fourth-order valence-corrected chi connectivity index (χ4v) is 2.94. The lowest BCUT2D eigenvalue weighted by molar-refractivity contribution is -0.301. The van der Waals surface area contributed by atoms with Crippen molar-refractivity contribution < 1.29 is 28.9 Å². The molecule has 0 spiro atoms. The summed E-state index contributed by atoms with van der Waals surface area (Å²) in [6, 6.07) is 9.71. The predicted octanol–water partition coefficient (Wildman–Crippen LogP) is 4.74. The molecule has 3 rings (SSSR count). The lowest BCUT2D eigenvalue weighted by Gasteiger charge is -2.16. The second-order valence-corrected chi connectivity index (χ2v) is 7.91. The summed E-state index contributed by atoms with van der Waals surface area (Å²) in [4.78, 5) is 47.2. The summed E-state index contributed by atoms with van der Waals surface area (Å²) in [5.74, 6) is -1.37. The largest absolute Gasteiger partial charge is 0.462 e. The van der Waals surface area contributed by atoms with Crippen LogP contribution in [0.2, 0.25) is 0 Å². The fraction of sp³-hybridized carbons (Fsp3) is 0.348. The average molecular weight is 396 g/mol. The summed E-state index contributed by atoms with van der Waals surface area (Å²) in [7, 11) is 0. The quantitative estimate of drug-likeness (QED) is 0.259. The molecule has 0 aromatic heterocycles. The summed E-state index contributed by atoms with van der Waals surface area (Å²) < 4.78 is 5.22. The molecule has 2 aromatic rings. The number of carbonyl (C=O) groups is 3. The van der Waals surface area contributed by atoms with Crippen LogP contribution in [0.4, 0.5) is 0 Å². The zero-order valence-electron chi connectivity index (χ0n) is 17.0. The van der Waals surface area contributed by atoms with Crippen molar-refractivity contribution in [3.63, 3.8) is 0 Å². The van der Waals surface area contributed by atoms with E-state index in [1.165, 1.54) is 6.07 Å². The molecule has 0 atom stereocenters. The van der Waals surface area contributed by atoms with Gasteiger partial charge in [0.15, 0.2) is 5.78 Å². The zero-order chi connectivity index (χ0) is 21.2. The Bertz CT molecular complexity index is 968. The van der Waals surface area contributed by atoms with Crippen molar-refractivity contribution in [2.24, 2.45) is 0 Å². The van der Waals surface area contributed by atoms with E-state index in [2.05, 4.69) is 0 Å². The standard InChI is InChI=1S/C23H24O6/c1-5-6-11-27-21(25)14-7-9-16-17-10-8-15(22(26)28-29-23(2,3)4)13-19(17)20(24)18(16)12-14/h7-10,12-13H,5-6,11H2,1-4H3. The first-order valence-electron chi connectivity index (χ1n) is 9.61. The number of ketones is 1. The molecular weight excluding hydrogens is 372 g/mol. The van der Waals surface area contributed by atoms with Gasteiger partial charge in [-0.3, -0.25) is 9.68 Å². The highest BCUT2D eigenvalue weighted by Crippen LogP contribution is 2.37. The maximum absolute atomic E-state index is 12.9. The molecule has 0 bridgehead atoms. The molecular formula is C23H24O6. The second kappa shape index (κ2) is 8.17. The molecule has 6 nitrogen and oxygen atoms in total. The van der Waals surface area contributed by atoms with Crippen LogP contribution in [-0.4, -0.2) is 29.9 Å². The van der Waals surface area contributed by atoms with E-state index in [0.717, 1.165) is 18.4 Å². The minimum Gasteiger partial charge on any atom is -0.462 e. The lowest BCUT2D eigenvalue weighted by Crippen LogP contribution is -2.22. The Morgan fingerprint density at radius 2 is 1.41 bits per heavy atom. The number of benzene rings is 2. The molecule has 29 heavy (non-hydrogen) atoms. The van der Waals surface area contributed by atoms with E-state index < -0.39 is 17.5 Å². The van der Waals surface area contributed by atoms with Crippen LogP contribution in [0.3, 0.4) is 0 Å². The Morgan fingerprint density at radius 3 is 1.93 bits per heavy atom. The van der Waals surface area contributed by atoms with Gasteiger partial charge in [-0.15, -0.1) is 0 Å². The van der Waals surface area contributed by atoms with E-state index in [0.29, 0.717) is 28.9 Å². The zero-order valence-corrected chi connectivity index (χ0v) is 17.0. The van der Waals surface area contributed by atoms with Crippen molar-refractivity contribution in [2.75, 3.05) is 6.61 Å². The first-order valence-corrected chi connectivity index (χ1v) is 9.61. The molecule has 1 aliphatic carbocycles. The van der Waals surface area contributed by atoms with Gasteiger partial charge in [-0.2, -0.15) is 4.89 Å². The Kier molecular flexibility index (Phi) is 5.84. The van der Waals surface area contributed by atoms with Gasteiger partial charge in [0.1, 0.15) is 5.60 Å². The molecule has 2 aromatic carbocycles. The Labute approximate surface area is 169 Å². The first kappa shape index (κ1) is 20.7. The van der Waals surface area contributed by atoms with Gasteiger partial charge in [-0.05, 0) is 62.6 Å². The maximum Gasteiger partial charge on any atom is 0.373 e. The molecule has 0 heterocycles. The van der Waals surface area contributed by atoms with Gasteiger partial charge in [-0.1, -0.05) is 25.5 Å². The molecule has 0 N–H and O–H groups in total. The van der Waals surface area contributed by atoms with Crippen molar-refractivity contribution in [3.8, 4) is 11.1 Å². The minimum atomic E-state index is -0.674. The molecule has 0 saturated carbocycles. The van der Waals surface area contributed by atoms with Gasteiger partial charge in [0.25, 0.3) is 0 Å². The topological polar surface area (TPSA) is 78.9 Å². The molecule has 1 aliphatic rings. The minimum absolute atomic E-state index is 0.216. The number of fused-ring (bicyclic) bond motifs is 3. The third-order valence-corrected chi connectivity index (χ3v) is 4.39. The van der Waals surface area contributed by atoms with Gasteiger partial charge < -0.3 is 4.74 Å². The lowest BCUT2D eigenvalue weighted by atomic mass is 10.0. The van der Waals surface area contributed by atoms with Gasteiger partial charge in [0, 0.05) is 11.1 Å². The van der Waals surface area contributed by atoms with Crippen LogP contribution in [0, 0.1) is 0 Å². The molecule has 152 valence electrons. The highest BCUT2D eigenvalue weighted by molar-refractivity contribution is 6.22. The van der Waals surface area contributed by atoms with E-state index in [1.54, 1.807) is 51.1 Å². The molecule has 0 amide bonds. The molecule has 6 heteroatoms. The number of esters is 1. The highest BCUT2D eigenvalue weighted by Gasteiger charge is 2.29. The summed E-state index contributed by atoms with van der Waals surface area (Å²) in [5.41, 5.74) is 2.15. The fourth-order valence-electron chi connectivity index (χ4n) is 2.94. The van der Waals surface area contributed by atoms with Crippen molar-refractivity contribution in [1.29, 1.82) is 0 Å². The van der Waals surface area contributed by atoms with E-state index in [4.69, 9.17) is 14.5 Å². The van der Waals surface area contributed by atoms with Crippen molar-refractivity contribution in [2.45, 2.75) is 46.1 Å². The van der Waals surface area contributed by atoms with Crippen molar-refractivity contribution in [3.05, 3.63) is 58.7 Å². The maximum atomic E-state index is 12.9. The summed E-state index contributed by atoms with van der Waals surface area (Å²) in [6.45, 7) is 7.64. The molecule has 0 aliphatic heterocycles. The number of hydrogen-bond acceptors (Lipinski definition) is 6. The number of rotatable bonds is 6. The highest BCUT2D eigenvalue weighted by atomic mass is 17.2. The SMILES string of the molecule is CCCCOC(=O)c1ccc2c(c1)C(=O)c1cc(C(=O)OOC(C)(C)C)ccc1-2. The van der Waals surface area contributed by atoms with Crippen LogP contribution in [0.25, 0.3) is 11.1 Å². The summed E-state index contributed by atoms with van der Waals surface area (Å²) >= 11 is 0. The molecule has 0 radical (unpaired) electrons. The number of hydrogen-bond donors (Lipinski definition) is 0. The number of ether oxygens (including phenoxy) is 1. The Balaban J connectivity index is 1.82. The normalized spacial score (nSPS) is 12.3. The van der Waals surface area contributed by atoms with Crippen LogP contribution >= 0.6 is 0 Å². The molecule has 0 unspecified atom stereocenters. The first-order chi connectivity index (χ1) is 13.7. The van der Waals surface area contributed by atoms with E-state index in [1.807, 2.05) is 6.92 Å². The number of carbonyl (C=O) groups excluding carboxylic acids is 3. The molecule has 0 saturated heterocycles. The predicted molar refractivity (Wildman–Crippen MR) is 107 cm³/mol. The van der Waals surface area contributed by atoms with Gasteiger partial charge in [0.05, 0.1) is 17.7 Å². The average Bonchev–Trinajstić information content (AvgIpc) is 2.97. The second-order valence-electron chi connectivity index (χ2n) is 7.91. The van der Waals surface area contributed by atoms with Crippen LogP contribution in [0.15, 0.2) is 36.4 Å². The van der Waals surface area contributed by atoms with E-state index in [9.17, 15) is 14.4 Å². The van der Waals surface area contributed by atoms with Crippen LogP contribution < -0.4 is 0 Å². The summed E-state index contributed by atoms with van der Waals surface area (Å²) in [6.07, 6.45) is 1.72. The Hall–Kier alpha value is -2.99. The van der Waals surface area contributed by atoms with Crippen LogP contribution in [0.1, 0.15) is 77.2 Å².